The topological polar surface area (TPSA) is 82.3 Å². The van der Waals surface area contributed by atoms with Crippen LogP contribution in [0, 0.1) is 0 Å². The highest BCUT2D eigenvalue weighted by atomic mass is 32.1. The lowest BCUT2D eigenvalue weighted by atomic mass is 10.1. The molecular formula is C30H30N6S. The standard InChI is InChI=1S/C30H30N6S/c1-7-25-23(10-19(6)20-11-21(14-31-13-20)33-18(4)5)30(36-35-25)26-12-22-24(15-32-16-27(22)34-26)29-9-8-28(37-29)17(2)3/h7-16,18,33-35H,2,6H2,1,3-5H3/b23-10+,25-7+. The number of nitrogens with zero attached hydrogens (tertiary/aromatic N) is 3. The molecule has 0 aromatic carbocycles. The Hall–Kier alpha value is -4.23. The maximum absolute atomic E-state index is 4.67. The van der Waals surface area contributed by atoms with Crippen molar-refractivity contribution in [2.75, 3.05) is 5.32 Å². The number of H-pyrrole nitrogens is 2. The van der Waals surface area contributed by atoms with Crippen LogP contribution in [0.1, 0.15) is 38.1 Å². The Labute approximate surface area is 220 Å². The van der Waals surface area contributed by atoms with Crippen LogP contribution in [0.5, 0.6) is 0 Å². The van der Waals surface area contributed by atoms with Crippen molar-refractivity contribution in [2.24, 2.45) is 0 Å². The largest absolute Gasteiger partial charge is 0.382 e. The summed E-state index contributed by atoms with van der Waals surface area (Å²) in [5, 5.41) is 14.3. The van der Waals surface area contributed by atoms with E-state index in [9.17, 15) is 0 Å². The summed E-state index contributed by atoms with van der Waals surface area (Å²) < 4.78 is 0. The number of anilines is 1. The molecule has 3 N–H and O–H groups in total. The monoisotopic (exact) mass is 506 g/mol. The summed E-state index contributed by atoms with van der Waals surface area (Å²) in [7, 11) is 0. The summed E-state index contributed by atoms with van der Waals surface area (Å²) >= 11 is 1.73. The SMILES string of the molecule is C=C(/C=c1/c(-c2cc3c(-c4ccc(C(=C)C)s4)cncc3[nH]2)n[nH]/c1=C/C)c1cncc(NC(C)C)c1. The van der Waals surface area contributed by atoms with Gasteiger partial charge in [0.25, 0.3) is 0 Å². The zero-order chi connectivity index (χ0) is 26.1. The second-order valence-corrected chi connectivity index (χ2v) is 10.5. The highest BCUT2D eigenvalue weighted by Gasteiger charge is 2.14. The fourth-order valence-corrected chi connectivity index (χ4v) is 5.26. The van der Waals surface area contributed by atoms with Crippen LogP contribution in [0.15, 0.2) is 62.2 Å². The molecule has 0 aliphatic heterocycles. The van der Waals surface area contributed by atoms with E-state index in [1.165, 1.54) is 4.88 Å². The Balaban J connectivity index is 1.59. The average molecular weight is 507 g/mol. The lowest BCUT2D eigenvalue weighted by molar-refractivity contribution is 0.897. The molecule has 0 aliphatic carbocycles. The molecule has 5 aromatic rings. The maximum Gasteiger partial charge on any atom is 0.116 e. The van der Waals surface area contributed by atoms with Crippen molar-refractivity contribution < 1.29 is 0 Å². The van der Waals surface area contributed by atoms with Gasteiger partial charge in [-0.25, -0.2) is 0 Å². The molecule has 5 aromatic heterocycles. The summed E-state index contributed by atoms with van der Waals surface area (Å²) in [6.07, 6.45) is 11.5. The third-order valence-electron chi connectivity index (χ3n) is 6.10. The normalized spacial score (nSPS) is 12.6. The van der Waals surface area contributed by atoms with Gasteiger partial charge in [-0.1, -0.05) is 19.2 Å². The van der Waals surface area contributed by atoms with E-state index in [0.29, 0.717) is 6.04 Å². The van der Waals surface area contributed by atoms with Crippen LogP contribution >= 0.6 is 11.3 Å². The van der Waals surface area contributed by atoms with Crippen molar-refractivity contribution in [1.29, 1.82) is 0 Å². The van der Waals surface area contributed by atoms with Gasteiger partial charge in [0.2, 0.25) is 0 Å². The first-order chi connectivity index (χ1) is 17.8. The second-order valence-electron chi connectivity index (χ2n) is 9.39. The minimum Gasteiger partial charge on any atom is -0.382 e. The smallest absolute Gasteiger partial charge is 0.116 e. The molecule has 0 fully saturated rings. The molecule has 5 heterocycles. The lowest BCUT2D eigenvalue weighted by Gasteiger charge is -2.10. The fraction of sp³-hybridized carbons (Fsp3) is 0.167. The number of fused-ring (bicyclic) bond motifs is 1. The van der Waals surface area contributed by atoms with Gasteiger partial charge in [-0.2, -0.15) is 5.10 Å². The van der Waals surface area contributed by atoms with Gasteiger partial charge in [-0.05, 0) is 69.2 Å². The van der Waals surface area contributed by atoms with Crippen molar-refractivity contribution in [3.63, 3.8) is 0 Å². The van der Waals surface area contributed by atoms with Crippen molar-refractivity contribution in [3.8, 4) is 21.8 Å². The van der Waals surface area contributed by atoms with E-state index in [-0.39, 0.29) is 0 Å². The van der Waals surface area contributed by atoms with Gasteiger partial charge in [-0.15, -0.1) is 11.3 Å². The van der Waals surface area contributed by atoms with E-state index in [0.717, 1.165) is 65.7 Å². The molecule has 0 amide bonds. The predicted octanol–water partition coefficient (Wildman–Crippen LogP) is 6.22. The molecule has 6 nitrogen and oxygen atoms in total. The summed E-state index contributed by atoms with van der Waals surface area (Å²) in [5.74, 6) is 0. The number of nitrogens with one attached hydrogen (secondary N) is 3. The molecule has 0 atom stereocenters. The van der Waals surface area contributed by atoms with Gasteiger partial charge in [-0.3, -0.25) is 15.1 Å². The Morgan fingerprint density at radius 2 is 1.89 bits per heavy atom. The fourth-order valence-electron chi connectivity index (χ4n) is 4.31. The number of aromatic amines is 2. The lowest BCUT2D eigenvalue weighted by Crippen LogP contribution is -2.23. The van der Waals surface area contributed by atoms with Crippen LogP contribution in [0.3, 0.4) is 0 Å². The molecule has 5 rings (SSSR count). The molecule has 0 bridgehead atoms. The van der Waals surface area contributed by atoms with Crippen LogP contribution < -0.4 is 15.9 Å². The zero-order valence-corrected chi connectivity index (χ0v) is 22.3. The third kappa shape index (κ3) is 4.90. The Kier molecular flexibility index (Phi) is 6.63. The van der Waals surface area contributed by atoms with Crippen molar-refractivity contribution in [3.05, 3.63) is 83.2 Å². The van der Waals surface area contributed by atoms with Crippen molar-refractivity contribution in [1.82, 2.24) is 25.1 Å². The van der Waals surface area contributed by atoms with E-state index in [2.05, 4.69) is 87.8 Å². The molecule has 0 aliphatic rings. The molecular weight excluding hydrogens is 476 g/mol. The minimum atomic E-state index is 0.319. The maximum atomic E-state index is 4.67. The highest BCUT2D eigenvalue weighted by Crippen LogP contribution is 2.36. The number of rotatable bonds is 7. The van der Waals surface area contributed by atoms with Crippen LogP contribution in [-0.4, -0.2) is 31.2 Å². The highest BCUT2D eigenvalue weighted by molar-refractivity contribution is 7.16. The number of allylic oxidation sites excluding steroid dienone is 2. The first kappa shape index (κ1) is 24.5. The quantitative estimate of drug-likeness (QED) is 0.245. The number of hydrogen-bond acceptors (Lipinski definition) is 5. The first-order valence-corrected chi connectivity index (χ1v) is 13.0. The van der Waals surface area contributed by atoms with E-state index in [4.69, 9.17) is 0 Å². The molecule has 0 saturated heterocycles. The van der Waals surface area contributed by atoms with Crippen molar-refractivity contribution >= 4 is 51.2 Å². The zero-order valence-electron chi connectivity index (χ0n) is 21.5. The predicted molar refractivity (Wildman–Crippen MR) is 158 cm³/mol. The second kappa shape index (κ2) is 10.0. The van der Waals surface area contributed by atoms with Crippen LogP contribution in [-0.2, 0) is 0 Å². The van der Waals surface area contributed by atoms with E-state index in [1.807, 2.05) is 44.7 Å². The first-order valence-electron chi connectivity index (χ1n) is 12.2. The van der Waals surface area contributed by atoms with E-state index >= 15 is 0 Å². The van der Waals surface area contributed by atoms with Crippen LogP contribution in [0.2, 0.25) is 0 Å². The average Bonchev–Trinajstić information content (AvgIpc) is 3.61. The van der Waals surface area contributed by atoms with Gasteiger partial charge in [0.15, 0.2) is 0 Å². The Morgan fingerprint density at radius 1 is 1.08 bits per heavy atom. The number of thiophene rings is 1. The van der Waals surface area contributed by atoms with E-state index < -0.39 is 0 Å². The van der Waals surface area contributed by atoms with E-state index in [1.54, 1.807) is 11.3 Å². The summed E-state index contributed by atoms with van der Waals surface area (Å²) in [5.41, 5.74) is 7.63. The Morgan fingerprint density at radius 3 is 2.62 bits per heavy atom. The third-order valence-corrected chi connectivity index (χ3v) is 7.38. The van der Waals surface area contributed by atoms with Gasteiger partial charge in [0, 0.05) is 56.1 Å². The van der Waals surface area contributed by atoms with Crippen LogP contribution in [0.25, 0.3) is 56.0 Å². The summed E-state index contributed by atoms with van der Waals surface area (Å²) in [6, 6.07) is 8.79. The molecule has 0 spiro atoms. The molecule has 0 unspecified atom stereocenters. The van der Waals surface area contributed by atoms with Gasteiger partial charge < -0.3 is 10.3 Å². The Bertz CT molecular complexity index is 1750. The number of hydrogen-bond donors (Lipinski definition) is 3. The van der Waals surface area contributed by atoms with Crippen LogP contribution in [0.4, 0.5) is 5.69 Å². The van der Waals surface area contributed by atoms with Gasteiger partial charge in [0.1, 0.15) is 5.69 Å². The van der Waals surface area contributed by atoms with Gasteiger partial charge in [0.05, 0.1) is 28.4 Å². The molecule has 0 saturated carbocycles. The molecule has 37 heavy (non-hydrogen) atoms. The number of aromatic nitrogens is 5. The summed E-state index contributed by atoms with van der Waals surface area (Å²) in [4.78, 5) is 14.8. The molecule has 7 heteroatoms. The van der Waals surface area contributed by atoms with Crippen molar-refractivity contribution in [2.45, 2.75) is 33.7 Å². The number of pyridine rings is 2. The molecule has 0 radical (unpaired) electrons. The van der Waals surface area contributed by atoms with Gasteiger partial charge >= 0.3 is 0 Å². The summed E-state index contributed by atoms with van der Waals surface area (Å²) in [6.45, 7) is 16.7. The minimum absolute atomic E-state index is 0.319. The molecule has 186 valence electrons.